The molecule has 0 amide bonds. The fourth-order valence-corrected chi connectivity index (χ4v) is 2.87. The maximum Gasteiger partial charge on any atom is 0.335 e. The Hall–Kier alpha value is -3.67. The highest BCUT2D eigenvalue weighted by atomic mass is 16.3. The number of aromatic hydroxyl groups is 1. The van der Waals surface area contributed by atoms with Gasteiger partial charge in [0.05, 0.1) is 16.7 Å². The van der Waals surface area contributed by atoms with Crippen molar-refractivity contribution in [3.05, 3.63) is 96.8 Å². The highest BCUT2D eigenvalue weighted by Gasteiger charge is 2.15. The zero-order valence-electron chi connectivity index (χ0n) is 13.9. The minimum atomic E-state index is -0.700. The minimum Gasteiger partial charge on any atom is -0.494 e. The third-order valence-electron chi connectivity index (χ3n) is 4.19. The Balaban J connectivity index is 1.91. The molecule has 0 saturated carbocycles. The fraction of sp³-hybridized carbons (Fsp3) is 0.0500. The highest BCUT2D eigenvalue weighted by molar-refractivity contribution is 5.67. The Bertz CT molecular complexity index is 1240. The second-order valence-electron chi connectivity index (χ2n) is 6.05. The number of hydrogen-bond donors (Lipinski definition) is 2. The topological polar surface area (TPSA) is 87.4 Å². The second kappa shape index (κ2) is 6.00. The van der Waals surface area contributed by atoms with E-state index in [0.29, 0.717) is 11.4 Å². The van der Waals surface area contributed by atoms with Crippen LogP contribution in [-0.2, 0) is 0 Å². The van der Waals surface area contributed by atoms with Crippen LogP contribution in [0.25, 0.3) is 17.8 Å². The van der Waals surface area contributed by atoms with Crippen LogP contribution in [0.3, 0.4) is 0 Å². The molecule has 1 aromatic heterocycles. The van der Waals surface area contributed by atoms with Crippen molar-refractivity contribution in [2.75, 3.05) is 0 Å². The van der Waals surface area contributed by atoms with Gasteiger partial charge in [-0.25, -0.2) is 14.4 Å². The quantitative estimate of drug-likeness (QED) is 0.726. The molecular weight excluding hydrogens is 330 g/mol. The Kier molecular flexibility index (Phi) is 3.65. The fourth-order valence-electron chi connectivity index (χ4n) is 2.87. The van der Waals surface area contributed by atoms with E-state index in [2.05, 4.69) is 9.98 Å². The summed E-state index contributed by atoms with van der Waals surface area (Å²) in [5, 5.41) is 12.3. The van der Waals surface area contributed by atoms with Gasteiger partial charge in [-0.1, -0.05) is 35.9 Å². The van der Waals surface area contributed by atoms with Crippen LogP contribution in [0.15, 0.2) is 68.8 Å². The summed E-state index contributed by atoms with van der Waals surface area (Å²) < 4.78 is 1.06. The van der Waals surface area contributed by atoms with Crippen LogP contribution in [0.1, 0.15) is 11.1 Å². The summed E-state index contributed by atoms with van der Waals surface area (Å²) in [7, 11) is 0. The molecule has 3 aromatic rings. The summed E-state index contributed by atoms with van der Waals surface area (Å²) in [5.41, 5.74) is 0.626. The molecule has 0 aliphatic carbocycles. The van der Waals surface area contributed by atoms with Crippen LogP contribution in [0.4, 0.5) is 0 Å². The number of nitrogens with one attached hydrogen (secondary N) is 1. The number of nitrogens with zero attached hydrogens (tertiary/aromatic N) is 2. The molecule has 2 aromatic carbocycles. The van der Waals surface area contributed by atoms with Crippen molar-refractivity contribution in [3.63, 3.8) is 0 Å². The van der Waals surface area contributed by atoms with Crippen LogP contribution in [0.5, 0.6) is 5.88 Å². The lowest BCUT2D eigenvalue weighted by molar-refractivity contribution is 0.429. The van der Waals surface area contributed by atoms with Crippen molar-refractivity contribution in [1.82, 2.24) is 9.55 Å². The van der Waals surface area contributed by atoms with Gasteiger partial charge in [-0.3, -0.25) is 9.78 Å². The Morgan fingerprint density at radius 2 is 1.81 bits per heavy atom. The van der Waals surface area contributed by atoms with E-state index >= 15 is 0 Å². The van der Waals surface area contributed by atoms with Gasteiger partial charge in [-0.2, -0.15) is 0 Å². The molecule has 2 heterocycles. The minimum absolute atomic E-state index is 0.0204. The van der Waals surface area contributed by atoms with Gasteiger partial charge in [-0.15, -0.1) is 0 Å². The molecule has 0 unspecified atom stereocenters. The lowest BCUT2D eigenvalue weighted by atomic mass is 10.2. The molecule has 1 aliphatic heterocycles. The van der Waals surface area contributed by atoms with Crippen molar-refractivity contribution < 1.29 is 5.11 Å². The van der Waals surface area contributed by atoms with Crippen molar-refractivity contribution in [3.8, 4) is 11.6 Å². The number of aromatic nitrogens is 2. The van der Waals surface area contributed by atoms with E-state index in [4.69, 9.17) is 0 Å². The Labute approximate surface area is 147 Å². The highest BCUT2D eigenvalue weighted by Crippen LogP contribution is 2.19. The summed E-state index contributed by atoms with van der Waals surface area (Å²) in [5.74, 6) is -0.422. The van der Waals surface area contributed by atoms with Gasteiger partial charge in [0.1, 0.15) is 5.56 Å². The van der Waals surface area contributed by atoms with Crippen LogP contribution in [-0.4, -0.2) is 14.7 Å². The van der Waals surface area contributed by atoms with Gasteiger partial charge in [-0.05, 0) is 37.3 Å². The van der Waals surface area contributed by atoms with E-state index in [1.165, 1.54) is 6.08 Å². The van der Waals surface area contributed by atoms with E-state index in [1.54, 1.807) is 12.1 Å². The Morgan fingerprint density at radius 3 is 2.54 bits per heavy atom. The number of benzene rings is 2. The van der Waals surface area contributed by atoms with E-state index in [-0.39, 0.29) is 5.56 Å². The van der Waals surface area contributed by atoms with Crippen LogP contribution < -0.4 is 21.8 Å². The van der Waals surface area contributed by atoms with Crippen LogP contribution in [0, 0.1) is 6.92 Å². The van der Waals surface area contributed by atoms with Gasteiger partial charge >= 0.3 is 5.69 Å². The summed E-state index contributed by atoms with van der Waals surface area (Å²) in [6.07, 6.45) is 3.29. The summed E-state index contributed by atoms with van der Waals surface area (Å²) in [4.78, 5) is 31.1. The summed E-state index contributed by atoms with van der Waals surface area (Å²) in [6, 6.07) is 14.6. The first-order valence-electron chi connectivity index (χ1n) is 8.05. The first-order chi connectivity index (χ1) is 12.5. The molecule has 128 valence electrons. The van der Waals surface area contributed by atoms with Crippen molar-refractivity contribution in [2.45, 2.75) is 6.92 Å². The van der Waals surface area contributed by atoms with E-state index in [9.17, 15) is 14.7 Å². The molecule has 6 heteroatoms. The van der Waals surface area contributed by atoms with E-state index in [1.807, 2.05) is 49.4 Å². The average Bonchev–Trinajstić information content (AvgIpc) is 3.03. The van der Waals surface area contributed by atoms with Crippen molar-refractivity contribution >= 4 is 12.2 Å². The number of fused-ring (bicyclic) bond motifs is 1. The number of hydrogen-bond acceptors (Lipinski definition) is 4. The maximum atomic E-state index is 12.2. The number of allylic oxidation sites excluding steroid dienone is 1. The van der Waals surface area contributed by atoms with Gasteiger partial charge in [0, 0.05) is 5.22 Å². The van der Waals surface area contributed by atoms with E-state index < -0.39 is 17.1 Å². The molecule has 0 bridgehead atoms. The smallest absolute Gasteiger partial charge is 0.335 e. The normalized spacial score (nSPS) is 14.0. The molecule has 2 N–H and O–H groups in total. The van der Waals surface area contributed by atoms with Crippen LogP contribution in [0.2, 0.25) is 0 Å². The van der Waals surface area contributed by atoms with Gasteiger partial charge in [0.25, 0.3) is 5.56 Å². The second-order valence-corrected chi connectivity index (χ2v) is 6.05. The maximum absolute atomic E-state index is 12.2. The molecule has 0 fully saturated rings. The lowest BCUT2D eigenvalue weighted by Crippen LogP contribution is -2.30. The van der Waals surface area contributed by atoms with Crippen molar-refractivity contribution in [2.24, 2.45) is 4.99 Å². The number of para-hydroxylation sites is 1. The van der Waals surface area contributed by atoms with Crippen molar-refractivity contribution in [1.29, 1.82) is 0 Å². The number of aryl methyl sites for hydroxylation is 1. The monoisotopic (exact) mass is 345 g/mol. The third-order valence-corrected chi connectivity index (χ3v) is 4.19. The van der Waals surface area contributed by atoms with Crippen LogP contribution >= 0.6 is 0 Å². The molecule has 6 nitrogen and oxygen atoms in total. The van der Waals surface area contributed by atoms with Gasteiger partial charge < -0.3 is 5.11 Å². The first-order valence-corrected chi connectivity index (χ1v) is 8.05. The first kappa shape index (κ1) is 15.8. The predicted octanol–water partition coefficient (Wildman–Crippen LogP) is 0.995. The Morgan fingerprint density at radius 1 is 1.08 bits per heavy atom. The molecule has 1 aliphatic rings. The number of aromatic amines is 1. The third kappa shape index (κ3) is 2.67. The molecule has 4 rings (SSSR count). The van der Waals surface area contributed by atoms with Gasteiger partial charge in [0.15, 0.2) is 0 Å². The largest absolute Gasteiger partial charge is 0.494 e. The molecular formula is C20H15N3O3. The van der Waals surface area contributed by atoms with E-state index in [0.717, 1.165) is 20.7 Å². The summed E-state index contributed by atoms with van der Waals surface area (Å²) >= 11 is 0. The molecule has 26 heavy (non-hydrogen) atoms. The number of H-pyrrole nitrogens is 1. The molecule has 0 atom stereocenters. The molecule has 0 saturated heterocycles. The zero-order chi connectivity index (χ0) is 18.3. The van der Waals surface area contributed by atoms with Gasteiger partial charge in [0.2, 0.25) is 5.88 Å². The molecule has 0 radical (unpaired) electrons. The SMILES string of the molecule is Cc1ccc(-n2c(O)c(/C=C3/C=c4ccccc4=N3)c(=O)[nH]c2=O)cc1. The summed E-state index contributed by atoms with van der Waals surface area (Å²) in [6.45, 7) is 1.92. The number of rotatable bonds is 2. The predicted molar refractivity (Wildman–Crippen MR) is 98.7 cm³/mol. The lowest BCUT2D eigenvalue weighted by Gasteiger charge is -2.10. The molecule has 0 spiro atoms. The zero-order valence-corrected chi connectivity index (χ0v) is 13.9. The average molecular weight is 345 g/mol. The standard InChI is InChI=1S/C20H15N3O3/c1-12-6-8-15(9-7-12)23-19(25)16(18(24)22-20(23)26)11-14-10-13-4-2-3-5-17(13)21-14/h2-11,25H,1H3,(H,22,24,26)/b14-11-.